The van der Waals surface area contributed by atoms with E-state index in [1.165, 1.54) is 5.56 Å². The molecule has 0 spiro atoms. The van der Waals surface area contributed by atoms with Crippen LogP contribution in [0.1, 0.15) is 27.0 Å². The number of nitrogens with one attached hydrogen (secondary N) is 2. The highest BCUT2D eigenvalue weighted by Gasteiger charge is 2.07. The monoisotopic (exact) mass is 269 g/mol. The van der Waals surface area contributed by atoms with Gasteiger partial charge in [-0.1, -0.05) is 24.3 Å². The number of carbonyl (C=O) groups is 1. The van der Waals surface area contributed by atoms with Gasteiger partial charge in [0.05, 0.1) is 5.69 Å². The van der Waals surface area contributed by atoms with E-state index in [0.717, 1.165) is 16.8 Å². The van der Waals surface area contributed by atoms with Crippen LogP contribution in [0.25, 0.3) is 0 Å². The fourth-order valence-corrected chi connectivity index (χ4v) is 2.05. The molecular weight excluding hydrogens is 250 g/mol. The summed E-state index contributed by atoms with van der Waals surface area (Å²) >= 11 is 0. The Kier molecular flexibility index (Phi) is 4.38. The van der Waals surface area contributed by atoms with Gasteiger partial charge >= 0.3 is 0 Å². The topological polar surface area (TPSA) is 67.2 Å². The lowest BCUT2D eigenvalue weighted by Gasteiger charge is -2.10. The quantitative estimate of drug-likeness (QED) is 0.590. The second-order valence-electron chi connectivity index (χ2n) is 4.78. The zero-order chi connectivity index (χ0) is 14.5. The van der Waals surface area contributed by atoms with E-state index in [4.69, 9.17) is 5.84 Å². The first kappa shape index (κ1) is 14.1. The molecule has 0 radical (unpaired) electrons. The number of anilines is 1. The molecule has 2 rings (SSSR count). The summed E-state index contributed by atoms with van der Waals surface area (Å²) in [7, 11) is 0. The highest BCUT2D eigenvalue weighted by Crippen LogP contribution is 2.15. The predicted molar refractivity (Wildman–Crippen MR) is 81.3 cm³/mol. The summed E-state index contributed by atoms with van der Waals surface area (Å²) in [6.45, 7) is 4.47. The van der Waals surface area contributed by atoms with Crippen molar-refractivity contribution in [1.29, 1.82) is 0 Å². The number of benzene rings is 2. The van der Waals surface area contributed by atoms with E-state index >= 15 is 0 Å². The van der Waals surface area contributed by atoms with Crippen molar-refractivity contribution in [2.45, 2.75) is 20.4 Å². The second-order valence-corrected chi connectivity index (χ2v) is 4.78. The molecular formula is C16H19N3O. The zero-order valence-corrected chi connectivity index (χ0v) is 11.7. The number of amides is 1. The Bertz CT molecular complexity index is 623. The molecule has 0 aliphatic carbocycles. The van der Waals surface area contributed by atoms with Crippen LogP contribution in [0.2, 0.25) is 0 Å². The van der Waals surface area contributed by atoms with Gasteiger partial charge in [-0.05, 0) is 48.7 Å². The van der Waals surface area contributed by atoms with Gasteiger partial charge in [0, 0.05) is 12.1 Å². The minimum absolute atomic E-state index is 0.0834. The van der Waals surface area contributed by atoms with E-state index in [-0.39, 0.29) is 5.91 Å². The van der Waals surface area contributed by atoms with E-state index in [0.29, 0.717) is 12.1 Å². The Labute approximate surface area is 119 Å². The largest absolute Gasteiger partial charge is 0.348 e. The minimum atomic E-state index is -0.0834. The summed E-state index contributed by atoms with van der Waals surface area (Å²) in [5, 5.41) is 2.93. The molecule has 0 aromatic heterocycles. The number of nitrogen functional groups attached to an aromatic ring is 1. The Morgan fingerprint density at radius 3 is 2.50 bits per heavy atom. The van der Waals surface area contributed by atoms with Crippen LogP contribution in [0.15, 0.2) is 42.5 Å². The van der Waals surface area contributed by atoms with Gasteiger partial charge in [-0.2, -0.15) is 0 Å². The van der Waals surface area contributed by atoms with Crippen molar-refractivity contribution in [1.82, 2.24) is 5.32 Å². The van der Waals surface area contributed by atoms with Gasteiger partial charge in [0.1, 0.15) is 0 Å². The van der Waals surface area contributed by atoms with Crippen LogP contribution in [0.4, 0.5) is 5.69 Å². The zero-order valence-electron chi connectivity index (χ0n) is 11.7. The molecule has 0 aliphatic rings. The molecule has 2 aromatic rings. The summed E-state index contributed by atoms with van der Waals surface area (Å²) in [4.78, 5) is 12.1. The first-order valence-electron chi connectivity index (χ1n) is 6.52. The highest BCUT2D eigenvalue weighted by molar-refractivity contribution is 5.94. The van der Waals surface area contributed by atoms with Gasteiger partial charge in [0.25, 0.3) is 5.91 Å². The fourth-order valence-electron chi connectivity index (χ4n) is 2.05. The number of aryl methyl sites for hydroxylation is 2. The molecule has 0 aliphatic heterocycles. The Balaban J connectivity index is 2.05. The van der Waals surface area contributed by atoms with Crippen molar-refractivity contribution in [3.8, 4) is 0 Å². The van der Waals surface area contributed by atoms with Crippen molar-refractivity contribution >= 4 is 11.6 Å². The molecule has 2 aromatic carbocycles. The lowest BCUT2D eigenvalue weighted by Crippen LogP contribution is -2.23. The molecule has 4 N–H and O–H groups in total. The molecule has 1 amide bonds. The van der Waals surface area contributed by atoms with Crippen molar-refractivity contribution in [2.24, 2.45) is 5.84 Å². The summed E-state index contributed by atoms with van der Waals surface area (Å²) in [6.07, 6.45) is 0. The Hall–Kier alpha value is -2.33. The SMILES string of the molecule is Cc1ccccc1CNC(=O)c1ccc(NN)c(C)c1. The average Bonchev–Trinajstić information content (AvgIpc) is 2.46. The molecule has 20 heavy (non-hydrogen) atoms. The van der Waals surface area contributed by atoms with E-state index in [2.05, 4.69) is 10.7 Å². The molecule has 0 saturated heterocycles. The minimum Gasteiger partial charge on any atom is -0.348 e. The first-order valence-corrected chi connectivity index (χ1v) is 6.52. The Morgan fingerprint density at radius 1 is 1.10 bits per heavy atom. The molecule has 4 nitrogen and oxygen atoms in total. The third kappa shape index (κ3) is 3.16. The van der Waals surface area contributed by atoms with Crippen LogP contribution in [-0.2, 0) is 6.54 Å². The summed E-state index contributed by atoms with van der Waals surface area (Å²) in [6, 6.07) is 13.4. The second kappa shape index (κ2) is 6.21. The van der Waals surface area contributed by atoms with Gasteiger partial charge in [-0.15, -0.1) is 0 Å². The highest BCUT2D eigenvalue weighted by atomic mass is 16.1. The molecule has 0 fully saturated rings. The molecule has 0 heterocycles. The van der Waals surface area contributed by atoms with Crippen LogP contribution >= 0.6 is 0 Å². The Morgan fingerprint density at radius 2 is 1.85 bits per heavy atom. The molecule has 0 atom stereocenters. The van der Waals surface area contributed by atoms with Crippen LogP contribution in [0.5, 0.6) is 0 Å². The standard InChI is InChI=1S/C16H19N3O/c1-11-5-3-4-6-14(11)10-18-16(20)13-7-8-15(19-17)12(2)9-13/h3-9,19H,10,17H2,1-2H3,(H,18,20). The lowest BCUT2D eigenvalue weighted by molar-refractivity contribution is 0.0951. The summed E-state index contributed by atoms with van der Waals surface area (Å²) in [5.74, 6) is 5.29. The maximum atomic E-state index is 12.1. The van der Waals surface area contributed by atoms with Crippen molar-refractivity contribution in [3.63, 3.8) is 0 Å². The summed E-state index contributed by atoms with van der Waals surface area (Å²) < 4.78 is 0. The van der Waals surface area contributed by atoms with Gasteiger partial charge in [-0.3, -0.25) is 10.6 Å². The first-order chi connectivity index (χ1) is 9.61. The smallest absolute Gasteiger partial charge is 0.251 e. The van der Waals surface area contributed by atoms with Gasteiger partial charge in [-0.25, -0.2) is 0 Å². The van der Waals surface area contributed by atoms with Crippen molar-refractivity contribution in [3.05, 3.63) is 64.7 Å². The molecule has 0 saturated carbocycles. The molecule has 104 valence electrons. The average molecular weight is 269 g/mol. The van der Waals surface area contributed by atoms with Gasteiger partial charge < -0.3 is 10.7 Å². The van der Waals surface area contributed by atoms with Crippen molar-refractivity contribution < 1.29 is 4.79 Å². The number of nitrogens with two attached hydrogens (primary N) is 1. The van der Waals surface area contributed by atoms with Crippen LogP contribution in [0, 0.1) is 13.8 Å². The predicted octanol–water partition coefficient (Wildman–Crippen LogP) is 2.52. The lowest BCUT2D eigenvalue weighted by atomic mass is 10.1. The third-order valence-corrected chi connectivity index (χ3v) is 3.34. The van der Waals surface area contributed by atoms with E-state index < -0.39 is 0 Å². The fraction of sp³-hybridized carbons (Fsp3) is 0.188. The number of hydrogen-bond acceptors (Lipinski definition) is 3. The van der Waals surface area contributed by atoms with E-state index in [1.807, 2.05) is 44.2 Å². The number of rotatable bonds is 4. The van der Waals surface area contributed by atoms with Crippen LogP contribution in [0.3, 0.4) is 0 Å². The molecule has 0 bridgehead atoms. The van der Waals surface area contributed by atoms with E-state index in [9.17, 15) is 4.79 Å². The number of hydrazine groups is 1. The van der Waals surface area contributed by atoms with Crippen LogP contribution < -0.4 is 16.6 Å². The number of carbonyl (C=O) groups excluding carboxylic acids is 1. The van der Waals surface area contributed by atoms with Gasteiger partial charge in [0.2, 0.25) is 0 Å². The molecule has 4 heteroatoms. The maximum Gasteiger partial charge on any atom is 0.251 e. The number of hydrogen-bond donors (Lipinski definition) is 3. The normalized spacial score (nSPS) is 10.2. The maximum absolute atomic E-state index is 12.1. The van der Waals surface area contributed by atoms with E-state index in [1.54, 1.807) is 12.1 Å². The van der Waals surface area contributed by atoms with Crippen LogP contribution in [-0.4, -0.2) is 5.91 Å². The van der Waals surface area contributed by atoms with Gasteiger partial charge in [0.15, 0.2) is 0 Å². The third-order valence-electron chi connectivity index (χ3n) is 3.34. The van der Waals surface area contributed by atoms with Crippen molar-refractivity contribution in [2.75, 3.05) is 5.43 Å². The molecule has 0 unspecified atom stereocenters. The summed E-state index contributed by atoms with van der Waals surface area (Å²) in [5.41, 5.74) is 7.29.